The van der Waals surface area contributed by atoms with Crippen LogP contribution < -0.4 is 4.74 Å². The molecule has 10 nitrogen and oxygen atoms in total. The number of nitrogens with zero attached hydrogens (tertiary/aromatic N) is 2. The number of piperidine rings is 1. The van der Waals surface area contributed by atoms with Crippen molar-refractivity contribution in [3.05, 3.63) is 41.5 Å². The summed E-state index contributed by atoms with van der Waals surface area (Å²) in [7, 11) is 1.44. The number of esters is 1. The topological polar surface area (TPSA) is 137 Å². The summed E-state index contributed by atoms with van der Waals surface area (Å²) in [5.41, 5.74) is 2.71. The SMILES string of the molecule is COC(=O)C1CCN(CC(O)COc2cccc(CN3CC=C(C)CC3)c2)CC1.O=CO.O=CO. The highest BCUT2D eigenvalue weighted by atomic mass is 16.5. The van der Waals surface area contributed by atoms with Gasteiger partial charge in [0.15, 0.2) is 0 Å². The van der Waals surface area contributed by atoms with E-state index in [4.69, 9.17) is 29.3 Å². The van der Waals surface area contributed by atoms with E-state index in [1.165, 1.54) is 18.2 Å². The molecule has 35 heavy (non-hydrogen) atoms. The van der Waals surface area contributed by atoms with Gasteiger partial charge in [0.1, 0.15) is 18.5 Å². The first-order chi connectivity index (χ1) is 16.9. The van der Waals surface area contributed by atoms with Crippen molar-refractivity contribution >= 4 is 18.9 Å². The Bertz CT molecular complexity index is 787. The van der Waals surface area contributed by atoms with Crippen LogP contribution in [0, 0.1) is 5.92 Å². The zero-order chi connectivity index (χ0) is 26.1. The van der Waals surface area contributed by atoms with E-state index in [9.17, 15) is 9.90 Å². The summed E-state index contributed by atoms with van der Waals surface area (Å²) >= 11 is 0. The fraction of sp³-hybridized carbons (Fsp3) is 0.560. The number of aliphatic hydroxyl groups excluding tert-OH is 1. The van der Waals surface area contributed by atoms with Gasteiger partial charge in [-0.05, 0) is 57.0 Å². The van der Waals surface area contributed by atoms with Crippen LogP contribution in [0.5, 0.6) is 5.75 Å². The number of likely N-dealkylation sites (tertiary alicyclic amines) is 1. The van der Waals surface area contributed by atoms with Crippen molar-refractivity contribution in [1.29, 1.82) is 0 Å². The molecule has 196 valence electrons. The number of aliphatic hydroxyl groups is 1. The van der Waals surface area contributed by atoms with Crippen LogP contribution in [0.3, 0.4) is 0 Å². The molecule has 1 unspecified atom stereocenters. The molecular weight excluding hydrogens is 456 g/mol. The minimum Gasteiger partial charge on any atom is -0.491 e. The lowest BCUT2D eigenvalue weighted by Gasteiger charge is -2.31. The highest BCUT2D eigenvalue weighted by Crippen LogP contribution is 2.20. The molecule has 3 N–H and O–H groups in total. The fourth-order valence-corrected chi connectivity index (χ4v) is 4.01. The molecule has 0 amide bonds. The average molecular weight is 495 g/mol. The van der Waals surface area contributed by atoms with Gasteiger partial charge in [0.05, 0.1) is 13.0 Å². The van der Waals surface area contributed by atoms with E-state index in [0.717, 1.165) is 57.7 Å². The number of hydrogen-bond donors (Lipinski definition) is 3. The first kappa shape index (κ1) is 30.1. The molecule has 0 radical (unpaired) electrons. The quantitative estimate of drug-likeness (QED) is 0.279. The second kappa shape index (κ2) is 17.5. The second-order valence-electron chi connectivity index (χ2n) is 8.46. The van der Waals surface area contributed by atoms with Gasteiger partial charge in [-0.3, -0.25) is 19.3 Å². The zero-order valence-corrected chi connectivity index (χ0v) is 20.5. The van der Waals surface area contributed by atoms with E-state index in [2.05, 4.69) is 34.9 Å². The maximum absolute atomic E-state index is 11.6. The maximum atomic E-state index is 11.6. The molecule has 0 aliphatic carbocycles. The number of β-amino-alcohol motifs (C(OH)–C–C–N with tert-alkyl or cyclic N) is 1. The molecule has 10 heteroatoms. The summed E-state index contributed by atoms with van der Waals surface area (Å²) in [6, 6.07) is 8.15. The molecular formula is C25H38N2O8. The van der Waals surface area contributed by atoms with Crippen molar-refractivity contribution in [2.75, 3.05) is 46.4 Å². The van der Waals surface area contributed by atoms with Gasteiger partial charge in [-0.2, -0.15) is 0 Å². The standard InChI is InChI=1S/C23H34N2O4.2CH2O2/c1-18-6-10-24(11-7-18)15-19-4-3-5-22(14-19)29-17-21(26)16-25-12-8-20(9-13-25)23(27)28-2;2*2-1-3/h3-6,14,20-21,26H,7-13,15-17H2,1-2H3;2*1H,(H,2,3). The van der Waals surface area contributed by atoms with Crippen molar-refractivity contribution in [3.8, 4) is 5.75 Å². The van der Waals surface area contributed by atoms with Crippen LogP contribution in [-0.4, -0.2) is 96.6 Å². The third-order valence-electron chi connectivity index (χ3n) is 5.86. The van der Waals surface area contributed by atoms with Gasteiger partial charge in [0, 0.05) is 26.2 Å². The number of carboxylic acid groups (broad SMARTS) is 2. The molecule has 0 bridgehead atoms. The van der Waals surface area contributed by atoms with Crippen LogP contribution >= 0.6 is 0 Å². The van der Waals surface area contributed by atoms with Gasteiger partial charge >= 0.3 is 5.97 Å². The molecule has 1 aromatic rings. The Morgan fingerprint density at radius 1 is 1.14 bits per heavy atom. The van der Waals surface area contributed by atoms with Crippen molar-refractivity contribution < 1.29 is 39.2 Å². The molecule has 0 saturated carbocycles. The Kier molecular flexibility index (Phi) is 15.0. The molecule has 0 aromatic heterocycles. The Balaban J connectivity index is 0.000000926. The normalized spacial score (nSPS) is 17.4. The lowest BCUT2D eigenvalue weighted by Crippen LogP contribution is -2.42. The Morgan fingerprint density at radius 2 is 1.80 bits per heavy atom. The highest BCUT2D eigenvalue weighted by Gasteiger charge is 2.26. The van der Waals surface area contributed by atoms with Crippen LogP contribution in [0.15, 0.2) is 35.9 Å². The number of carbonyl (C=O) groups is 3. The number of carbonyl (C=O) groups excluding carboxylic acids is 1. The van der Waals surface area contributed by atoms with E-state index in [-0.39, 0.29) is 31.4 Å². The minimum absolute atomic E-state index is 0.00769. The Labute approximate surface area is 206 Å². The summed E-state index contributed by atoms with van der Waals surface area (Å²) in [4.78, 5) is 32.9. The summed E-state index contributed by atoms with van der Waals surface area (Å²) in [6.07, 6.45) is 4.46. The van der Waals surface area contributed by atoms with E-state index in [1.54, 1.807) is 0 Å². The predicted octanol–water partition coefficient (Wildman–Crippen LogP) is 1.86. The zero-order valence-electron chi connectivity index (χ0n) is 20.5. The molecule has 1 aromatic carbocycles. The Hall–Kier alpha value is -2.95. The first-order valence-corrected chi connectivity index (χ1v) is 11.6. The van der Waals surface area contributed by atoms with Gasteiger partial charge in [-0.15, -0.1) is 0 Å². The summed E-state index contributed by atoms with van der Waals surface area (Å²) in [5.74, 6) is 0.672. The average Bonchev–Trinajstić information content (AvgIpc) is 2.85. The number of rotatable bonds is 8. The predicted molar refractivity (Wildman–Crippen MR) is 130 cm³/mol. The molecule has 1 atom stereocenters. The first-order valence-electron chi connectivity index (χ1n) is 11.6. The third kappa shape index (κ3) is 12.4. The lowest BCUT2D eigenvalue weighted by molar-refractivity contribution is -0.147. The van der Waals surface area contributed by atoms with Crippen molar-refractivity contribution in [2.24, 2.45) is 5.92 Å². The van der Waals surface area contributed by atoms with E-state index in [1.807, 2.05) is 12.1 Å². The second-order valence-corrected chi connectivity index (χ2v) is 8.46. The maximum Gasteiger partial charge on any atom is 0.308 e. The largest absolute Gasteiger partial charge is 0.491 e. The molecule has 2 aliphatic rings. The van der Waals surface area contributed by atoms with Gasteiger partial charge in [0.25, 0.3) is 12.9 Å². The molecule has 3 rings (SSSR count). The molecule has 0 spiro atoms. The van der Waals surface area contributed by atoms with Gasteiger partial charge in [-0.25, -0.2) is 0 Å². The smallest absolute Gasteiger partial charge is 0.308 e. The van der Waals surface area contributed by atoms with E-state index >= 15 is 0 Å². The number of methoxy groups -OCH3 is 1. The number of hydrogen-bond acceptors (Lipinski definition) is 8. The summed E-state index contributed by atoms with van der Waals surface area (Å²) in [5, 5.41) is 24.1. The van der Waals surface area contributed by atoms with Crippen LogP contribution in [0.25, 0.3) is 0 Å². The van der Waals surface area contributed by atoms with Crippen LogP contribution in [0.2, 0.25) is 0 Å². The molecule has 1 fully saturated rings. The lowest BCUT2D eigenvalue weighted by atomic mass is 9.97. The Morgan fingerprint density at radius 3 is 2.37 bits per heavy atom. The number of benzene rings is 1. The van der Waals surface area contributed by atoms with E-state index in [0.29, 0.717) is 6.54 Å². The van der Waals surface area contributed by atoms with Crippen molar-refractivity contribution in [2.45, 2.75) is 38.8 Å². The monoisotopic (exact) mass is 494 g/mol. The van der Waals surface area contributed by atoms with Gasteiger partial charge < -0.3 is 29.7 Å². The van der Waals surface area contributed by atoms with Crippen molar-refractivity contribution in [3.63, 3.8) is 0 Å². The van der Waals surface area contributed by atoms with Crippen LogP contribution in [-0.2, 0) is 25.7 Å². The van der Waals surface area contributed by atoms with E-state index < -0.39 is 6.10 Å². The van der Waals surface area contributed by atoms with Crippen molar-refractivity contribution in [1.82, 2.24) is 9.80 Å². The molecule has 2 heterocycles. The highest BCUT2D eigenvalue weighted by molar-refractivity contribution is 5.72. The molecule has 1 saturated heterocycles. The van der Waals surface area contributed by atoms with Gasteiger partial charge in [0.2, 0.25) is 0 Å². The van der Waals surface area contributed by atoms with Crippen LogP contribution in [0.1, 0.15) is 31.7 Å². The van der Waals surface area contributed by atoms with Crippen LogP contribution in [0.4, 0.5) is 0 Å². The number of ether oxygens (including phenoxy) is 2. The van der Waals surface area contributed by atoms with Gasteiger partial charge in [-0.1, -0.05) is 23.8 Å². The molecule has 2 aliphatic heterocycles. The minimum atomic E-state index is -0.552. The summed E-state index contributed by atoms with van der Waals surface area (Å²) < 4.78 is 10.7. The summed E-state index contributed by atoms with van der Waals surface area (Å²) in [6.45, 7) is 7.14. The third-order valence-corrected chi connectivity index (χ3v) is 5.86. The fourth-order valence-electron chi connectivity index (χ4n) is 4.01.